The van der Waals surface area contributed by atoms with E-state index in [2.05, 4.69) is 0 Å². The van der Waals surface area contributed by atoms with Gasteiger partial charge in [-0.15, -0.1) is 0 Å². The normalized spacial score (nSPS) is 11.7. The van der Waals surface area contributed by atoms with Gasteiger partial charge < -0.3 is 5.11 Å². The van der Waals surface area contributed by atoms with Gasteiger partial charge in [0.05, 0.1) is 23.1 Å². The zero-order chi connectivity index (χ0) is 11.5. The van der Waals surface area contributed by atoms with Crippen molar-refractivity contribution in [2.75, 3.05) is 12.4 Å². The highest BCUT2D eigenvalue weighted by molar-refractivity contribution is 7.90. The van der Waals surface area contributed by atoms with Gasteiger partial charge in [0.15, 0.2) is 9.84 Å². The summed E-state index contributed by atoms with van der Waals surface area (Å²) in [6, 6.07) is 4.00. The average Bonchev–Trinajstić information content (AvgIpc) is 2.12. The zero-order valence-corrected chi connectivity index (χ0v) is 9.35. The maximum atomic E-state index is 13.0. The van der Waals surface area contributed by atoms with Crippen molar-refractivity contribution in [1.82, 2.24) is 0 Å². The molecule has 0 aliphatic rings. The van der Waals surface area contributed by atoms with Gasteiger partial charge in [-0.25, -0.2) is 12.8 Å². The van der Waals surface area contributed by atoms with Crippen LogP contribution in [0.25, 0.3) is 0 Å². The number of aliphatic hydroxyl groups excluding tert-OH is 1. The summed E-state index contributed by atoms with van der Waals surface area (Å²) in [4.78, 5) is 0. The van der Waals surface area contributed by atoms with Crippen LogP contribution in [0.15, 0.2) is 18.2 Å². The predicted molar refractivity (Wildman–Crippen MR) is 56.0 cm³/mol. The molecule has 1 rings (SSSR count). The molecule has 0 radical (unpaired) electrons. The van der Waals surface area contributed by atoms with Crippen LogP contribution in [0.3, 0.4) is 0 Å². The van der Waals surface area contributed by atoms with E-state index in [0.29, 0.717) is 0 Å². The third kappa shape index (κ3) is 3.44. The third-order valence-electron chi connectivity index (χ3n) is 1.81. The Morgan fingerprint density at radius 2 is 2.07 bits per heavy atom. The summed E-state index contributed by atoms with van der Waals surface area (Å²) in [6.45, 7) is -0.449. The maximum Gasteiger partial charge on any atom is 0.156 e. The molecule has 0 unspecified atom stereocenters. The quantitative estimate of drug-likeness (QED) is 0.881. The van der Waals surface area contributed by atoms with E-state index >= 15 is 0 Å². The largest absolute Gasteiger partial charge is 0.395 e. The summed E-state index contributed by atoms with van der Waals surface area (Å²) in [5.41, 5.74) is 0.213. The minimum Gasteiger partial charge on any atom is -0.395 e. The lowest BCUT2D eigenvalue weighted by Crippen LogP contribution is -2.12. The molecule has 0 bridgehead atoms. The fourth-order valence-electron chi connectivity index (χ4n) is 1.11. The minimum atomic E-state index is -3.43. The summed E-state index contributed by atoms with van der Waals surface area (Å²) >= 11 is 5.60. The fourth-order valence-corrected chi connectivity index (χ4v) is 2.52. The van der Waals surface area contributed by atoms with E-state index in [1.165, 1.54) is 12.1 Å². The Bertz CT molecular complexity index is 445. The van der Waals surface area contributed by atoms with Gasteiger partial charge in [0.2, 0.25) is 0 Å². The molecule has 0 spiro atoms. The van der Waals surface area contributed by atoms with Crippen molar-refractivity contribution in [2.24, 2.45) is 0 Å². The molecule has 1 aromatic carbocycles. The summed E-state index contributed by atoms with van der Waals surface area (Å²) < 4.78 is 35.6. The highest BCUT2D eigenvalue weighted by Crippen LogP contribution is 2.21. The second-order valence-corrected chi connectivity index (χ2v) is 5.59. The standard InChI is InChI=1S/C9H10ClFO3S/c10-9-7(2-1-3-8(9)11)6-15(13,14)5-4-12/h1-3,12H,4-6H2. The smallest absolute Gasteiger partial charge is 0.156 e. The lowest BCUT2D eigenvalue weighted by molar-refractivity contribution is 0.319. The molecule has 0 amide bonds. The van der Waals surface area contributed by atoms with Crippen LogP contribution in [0.2, 0.25) is 5.02 Å². The van der Waals surface area contributed by atoms with Crippen molar-refractivity contribution in [1.29, 1.82) is 0 Å². The molecule has 0 aliphatic heterocycles. The van der Waals surface area contributed by atoms with Crippen molar-refractivity contribution >= 4 is 21.4 Å². The van der Waals surface area contributed by atoms with Crippen molar-refractivity contribution in [2.45, 2.75) is 5.75 Å². The topological polar surface area (TPSA) is 54.4 Å². The van der Waals surface area contributed by atoms with Gasteiger partial charge in [-0.05, 0) is 11.6 Å². The second-order valence-electron chi connectivity index (χ2n) is 3.03. The zero-order valence-electron chi connectivity index (χ0n) is 7.78. The number of benzene rings is 1. The van der Waals surface area contributed by atoms with Crippen molar-refractivity contribution in [3.63, 3.8) is 0 Å². The Labute approximate surface area is 92.4 Å². The van der Waals surface area contributed by atoms with Gasteiger partial charge in [0, 0.05) is 0 Å². The highest BCUT2D eigenvalue weighted by Gasteiger charge is 2.15. The van der Waals surface area contributed by atoms with Crippen LogP contribution in [-0.4, -0.2) is 25.9 Å². The molecule has 0 saturated carbocycles. The van der Waals surface area contributed by atoms with Gasteiger partial charge in [-0.3, -0.25) is 0 Å². The van der Waals surface area contributed by atoms with Crippen LogP contribution in [0.4, 0.5) is 4.39 Å². The Kier molecular flexibility index (Phi) is 4.07. The van der Waals surface area contributed by atoms with E-state index in [1.807, 2.05) is 0 Å². The molecule has 0 heterocycles. The summed E-state index contributed by atoms with van der Waals surface area (Å²) in [7, 11) is -3.43. The van der Waals surface area contributed by atoms with Crippen LogP contribution in [0.5, 0.6) is 0 Å². The first-order valence-electron chi connectivity index (χ1n) is 4.20. The Hall–Kier alpha value is -0.650. The Morgan fingerprint density at radius 1 is 1.40 bits per heavy atom. The number of aliphatic hydroxyl groups is 1. The van der Waals surface area contributed by atoms with Crippen LogP contribution in [0, 0.1) is 5.82 Å². The van der Waals surface area contributed by atoms with E-state index in [4.69, 9.17) is 16.7 Å². The van der Waals surface area contributed by atoms with Crippen LogP contribution in [0.1, 0.15) is 5.56 Å². The summed E-state index contributed by atoms with van der Waals surface area (Å²) in [5, 5.41) is 8.34. The molecule has 0 atom stereocenters. The van der Waals surface area contributed by atoms with Gasteiger partial charge in [0.1, 0.15) is 5.82 Å². The fraction of sp³-hybridized carbons (Fsp3) is 0.333. The number of halogens is 2. The van der Waals surface area contributed by atoms with Crippen molar-refractivity contribution < 1.29 is 17.9 Å². The molecule has 0 aromatic heterocycles. The van der Waals surface area contributed by atoms with Crippen LogP contribution in [-0.2, 0) is 15.6 Å². The van der Waals surface area contributed by atoms with E-state index in [0.717, 1.165) is 6.07 Å². The molecule has 3 nitrogen and oxygen atoms in total. The lowest BCUT2D eigenvalue weighted by Gasteiger charge is -2.05. The van der Waals surface area contributed by atoms with Gasteiger partial charge in [-0.2, -0.15) is 0 Å². The van der Waals surface area contributed by atoms with Gasteiger partial charge >= 0.3 is 0 Å². The SMILES string of the molecule is O=S(=O)(CCO)Cc1cccc(F)c1Cl. The van der Waals surface area contributed by atoms with Crippen LogP contribution < -0.4 is 0 Å². The molecule has 1 N–H and O–H groups in total. The minimum absolute atomic E-state index is 0.181. The second kappa shape index (κ2) is 4.92. The number of hydrogen-bond acceptors (Lipinski definition) is 3. The number of sulfone groups is 1. The third-order valence-corrected chi connectivity index (χ3v) is 3.79. The van der Waals surface area contributed by atoms with Gasteiger partial charge in [-0.1, -0.05) is 23.7 Å². The molecule has 0 saturated heterocycles. The van der Waals surface area contributed by atoms with Crippen LogP contribution >= 0.6 is 11.6 Å². The first kappa shape index (κ1) is 12.4. The molecule has 1 aromatic rings. The molecular formula is C9H10ClFO3S. The van der Waals surface area contributed by atoms with E-state index in [-0.39, 0.29) is 22.1 Å². The maximum absolute atomic E-state index is 13.0. The highest BCUT2D eigenvalue weighted by atomic mass is 35.5. The molecule has 84 valence electrons. The molecule has 15 heavy (non-hydrogen) atoms. The first-order chi connectivity index (χ1) is 6.96. The molecular weight excluding hydrogens is 243 g/mol. The molecule has 0 aliphatic carbocycles. The number of hydrogen-bond donors (Lipinski definition) is 1. The number of rotatable bonds is 4. The van der Waals surface area contributed by atoms with E-state index in [9.17, 15) is 12.8 Å². The van der Waals surface area contributed by atoms with Gasteiger partial charge in [0.25, 0.3) is 0 Å². The summed E-state index contributed by atoms with van der Waals surface area (Å²) in [6.07, 6.45) is 0. The predicted octanol–water partition coefficient (Wildman–Crippen LogP) is 1.39. The molecule has 6 heteroatoms. The molecule has 0 fully saturated rings. The van der Waals surface area contributed by atoms with E-state index in [1.54, 1.807) is 0 Å². The lowest BCUT2D eigenvalue weighted by atomic mass is 10.2. The van der Waals surface area contributed by atoms with E-state index < -0.39 is 22.3 Å². The Balaban J connectivity index is 2.95. The van der Waals surface area contributed by atoms with Crippen molar-refractivity contribution in [3.05, 3.63) is 34.6 Å². The Morgan fingerprint density at radius 3 is 2.67 bits per heavy atom. The first-order valence-corrected chi connectivity index (χ1v) is 6.40. The monoisotopic (exact) mass is 252 g/mol. The average molecular weight is 253 g/mol. The van der Waals surface area contributed by atoms with Crippen molar-refractivity contribution in [3.8, 4) is 0 Å². The summed E-state index contributed by atoms with van der Waals surface area (Å²) in [5.74, 6) is -1.35.